The molecule has 1 amide bonds. The van der Waals surface area contributed by atoms with Crippen molar-refractivity contribution in [3.8, 4) is 11.1 Å². The number of amides is 1. The van der Waals surface area contributed by atoms with Crippen LogP contribution in [-0.2, 0) is 20.1 Å². The number of carbonyl (C=O) groups excluding carboxylic acids is 1. The molecule has 1 aliphatic rings. The molecule has 1 N–H and O–H groups in total. The third-order valence-electron chi connectivity index (χ3n) is 5.10. The fourth-order valence-corrected chi connectivity index (χ4v) is 3.59. The highest BCUT2D eigenvalue weighted by atomic mass is 16.2. The van der Waals surface area contributed by atoms with Crippen molar-refractivity contribution in [2.75, 3.05) is 12.4 Å². The molecule has 1 aromatic heterocycles. The molecular weight excluding hydrogens is 346 g/mol. The molecule has 0 spiro atoms. The normalized spacial score (nSPS) is 12.2. The van der Waals surface area contributed by atoms with Gasteiger partial charge in [0.05, 0.1) is 0 Å². The number of nitrogens with one attached hydrogen (secondary N) is 1. The van der Waals surface area contributed by atoms with Crippen LogP contribution in [0.3, 0.4) is 0 Å². The minimum atomic E-state index is 0.0828. The SMILES string of the molecule is CC.CNc1ccc(-c2cc(C(=O)N3Cc4ccc(C)cc4C3)n(C)c2)cc1. The fraction of sp³-hybridized carbons (Fsp3) is 0.292. The predicted molar refractivity (Wildman–Crippen MR) is 117 cm³/mol. The zero-order valence-corrected chi connectivity index (χ0v) is 17.4. The third kappa shape index (κ3) is 3.81. The molecule has 0 atom stereocenters. The van der Waals surface area contributed by atoms with Crippen molar-refractivity contribution < 1.29 is 4.79 Å². The van der Waals surface area contributed by atoms with Crippen molar-refractivity contribution in [1.82, 2.24) is 9.47 Å². The summed E-state index contributed by atoms with van der Waals surface area (Å²) in [7, 11) is 3.84. The van der Waals surface area contributed by atoms with Crippen LogP contribution >= 0.6 is 0 Å². The Morgan fingerprint density at radius 3 is 2.29 bits per heavy atom. The Morgan fingerprint density at radius 1 is 0.929 bits per heavy atom. The summed E-state index contributed by atoms with van der Waals surface area (Å²) < 4.78 is 1.93. The van der Waals surface area contributed by atoms with E-state index in [2.05, 4.69) is 42.6 Å². The van der Waals surface area contributed by atoms with Crippen LogP contribution in [0.5, 0.6) is 0 Å². The van der Waals surface area contributed by atoms with E-state index < -0.39 is 0 Å². The van der Waals surface area contributed by atoms with Gasteiger partial charge >= 0.3 is 0 Å². The highest BCUT2D eigenvalue weighted by Crippen LogP contribution is 2.28. The molecule has 146 valence electrons. The second kappa shape index (κ2) is 8.34. The third-order valence-corrected chi connectivity index (χ3v) is 5.10. The topological polar surface area (TPSA) is 37.3 Å². The van der Waals surface area contributed by atoms with E-state index in [1.54, 1.807) is 0 Å². The van der Waals surface area contributed by atoms with E-state index in [9.17, 15) is 4.79 Å². The van der Waals surface area contributed by atoms with Crippen LogP contribution in [-0.4, -0.2) is 22.4 Å². The summed E-state index contributed by atoms with van der Waals surface area (Å²) in [6, 6.07) is 16.7. The maximum atomic E-state index is 13.1. The van der Waals surface area contributed by atoms with E-state index in [1.807, 2.05) is 61.8 Å². The Morgan fingerprint density at radius 2 is 1.61 bits per heavy atom. The Hall–Kier alpha value is -3.01. The second-order valence-corrected chi connectivity index (χ2v) is 6.99. The van der Waals surface area contributed by atoms with Crippen LogP contribution in [0.1, 0.15) is 41.0 Å². The van der Waals surface area contributed by atoms with Crippen LogP contribution in [0.25, 0.3) is 11.1 Å². The van der Waals surface area contributed by atoms with Crippen molar-refractivity contribution >= 4 is 11.6 Å². The molecule has 3 aromatic rings. The standard InChI is InChI=1S/C22H23N3O.C2H6/c1-15-4-5-17-13-25(14-18(17)10-15)22(26)21-11-19(12-24(21)3)16-6-8-20(23-2)9-7-16;1-2/h4-12,23H,13-14H2,1-3H3;1-2H3. The van der Waals surface area contributed by atoms with Crippen molar-refractivity contribution in [2.45, 2.75) is 33.9 Å². The zero-order chi connectivity index (χ0) is 20.3. The number of aryl methyl sites for hydroxylation is 2. The summed E-state index contributed by atoms with van der Waals surface area (Å²) in [6.07, 6.45) is 2.02. The molecule has 4 nitrogen and oxygen atoms in total. The van der Waals surface area contributed by atoms with Gasteiger partial charge in [-0.1, -0.05) is 49.7 Å². The first-order valence-corrected chi connectivity index (χ1v) is 9.87. The summed E-state index contributed by atoms with van der Waals surface area (Å²) in [5.41, 5.74) is 7.72. The number of benzene rings is 2. The van der Waals surface area contributed by atoms with Gasteiger partial charge in [0.15, 0.2) is 0 Å². The number of hydrogen-bond acceptors (Lipinski definition) is 2. The predicted octanol–water partition coefficient (Wildman–Crippen LogP) is 5.22. The Balaban J connectivity index is 0.00000109. The van der Waals surface area contributed by atoms with Gasteiger partial charge in [-0.05, 0) is 41.8 Å². The average Bonchev–Trinajstić information content (AvgIpc) is 3.32. The van der Waals surface area contributed by atoms with Gasteiger partial charge in [-0.2, -0.15) is 0 Å². The van der Waals surface area contributed by atoms with Crippen LogP contribution in [0, 0.1) is 6.92 Å². The first kappa shape index (κ1) is 19.7. The molecular formula is C24H29N3O. The summed E-state index contributed by atoms with van der Waals surface area (Å²) in [6.45, 7) is 7.46. The van der Waals surface area contributed by atoms with Gasteiger partial charge in [0.1, 0.15) is 5.69 Å². The minimum Gasteiger partial charge on any atom is -0.388 e. The lowest BCUT2D eigenvalue weighted by Crippen LogP contribution is -2.26. The van der Waals surface area contributed by atoms with Crippen LogP contribution in [0.15, 0.2) is 54.7 Å². The lowest BCUT2D eigenvalue weighted by molar-refractivity contribution is 0.0742. The van der Waals surface area contributed by atoms with Gasteiger partial charge in [-0.3, -0.25) is 4.79 Å². The van der Waals surface area contributed by atoms with E-state index in [1.165, 1.54) is 16.7 Å². The fourth-order valence-electron chi connectivity index (χ4n) is 3.59. The van der Waals surface area contributed by atoms with Gasteiger partial charge in [-0.25, -0.2) is 0 Å². The number of aromatic nitrogens is 1. The van der Waals surface area contributed by atoms with Crippen molar-refractivity contribution in [1.29, 1.82) is 0 Å². The van der Waals surface area contributed by atoms with Gasteiger partial charge in [0.25, 0.3) is 5.91 Å². The number of hydrogen-bond donors (Lipinski definition) is 1. The minimum absolute atomic E-state index is 0.0828. The van der Waals surface area contributed by atoms with Gasteiger partial charge in [0.2, 0.25) is 0 Å². The van der Waals surface area contributed by atoms with E-state index in [0.29, 0.717) is 13.1 Å². The van der Waals surface area contributed by atoms with E-state index >= 15 is 0 Å². The molecule has 0 saturated heterocycles. The summed E-state index contributed by atoms with van der Waals surface area (Å²) in [5.74, 6) is 0.0828. The molecule has 0 radical (unpaired) electrons. The van der Waals surface area contributed by atoms with Crippen LogP contribution < -0.4 is 5.32 Å². The molecule has 0 bridgehead atoms. The molecule has 0 saturated carbocycles. The lowest BCUT2D eigenvalue weighted by atomic mass is 10.1. The Bertz CT molecular complexity index is 970. The van der Waals surface area contributed by atoms with Gasteiger partial charge in [-0.15, -0.1) is 0 Å². The molecule has 2 aromatic carbocycles. The second-order valence-electron chi connectivity index (χ2n) is 6.99. The largest absolute Gasteiger partial charge is 0.388 e. The first-order chi connectivity index (χ1) is 13.5. The summed E-state index contributed by atoms with van der Waals surface area (Å²) in [4.78, 5) is 15.0. The average molecular weight is 376 g/mol. The maximum Gasteiger partial charge on any atom is 0.271 e. The quantitative estimate of drug-likeness (QED) is 0.681. The summed E-state index contributed by atoms with van der Waals surface area (Å²) >= 11 is 0. The molecule has 0 aliphatic carbocycles. The van der Waals surface area contributed by atoms with Crippen molar-refractivity contribution in [3.63, 3.8) is 0 Å². The molecule has 2 heterocycles. The smallest absolute Gasteiger partial charge is 0.271 e. The molecule has 0 fully saturated rings. The molecule has 4 heteroatoms. The van der Waals surface area contributed by atoms with E-state index in [-0.39, 0.29) is 5.91 Å². The molecule has 0 unspecified atom stereocenters. The molecule has 4 rings (SSSR count). The number of fused-ring (bicyclic) bond motifs is 1. The van der Waals surface area contributed by atoms with Gasteiger partial charge in [0, 0.05) is 44.6 Å². The zero-order valence-electron chi connectivity index (χ0n) is 17.4. The number of anilines is 1. The van der Waals surface area contributed by atoms with E-state index in [0.717, 1.165) is 22.5 Å². The monoisotopic (exact) mass is 375 g/mol. The summed E-state index contributed by atoms with van der Waals surface area (Å²) in [5, 5.41) is 3.12. The maximum absolute atomic E-state index is 13.1. The Labute approximate surface area is 167 Å². The van der Waals surface area contributed by atoms with Crippen molar-refractivity contribution in [2.24, 2.45) is 7.05 Å². The van der Waals surface area contributed by atoms with Gasteiger partial charge < -0.3 is 14.8 Å². The lowest BCUT2D eigenvalue weighted by Gasteiger charge is -2.15. The first-order valence-electron chi connectivity index (χ1n) is 9.87. The molecule has 28 heavy (non-hydrogen) atoms. The number of carbonyl (C=O) groups is 1. The molecule has 1 aliphatic heterocycles. The van der Waals surface area contributed by atoms with Crippen LogP contribution in [0.2, 0.25) is 0 Å². The van der Waals surface area contributed by atoms with E-state index in [4.69, 9.17) is 0 Å². The Kier molecular flexibility index (Phi) is 5.88. The van der Waals surface area contributed by atoms with Crippen molar-refractivity contribution in [3.05, 3.63) is 77.1 Å². The number of nitrogens with zero attached hydrogens (tertiary/aromatic N) is 2. The van der Waals surface area contributed by atoms with Crippen LogP contribution in [0.4, 0.5) is 5.69 Å². The highest BCUT2D eigenvalue weighted by Gasteiger charge is 2.26. The number of rotatable bonds is 3. The highest BCUT2D eigenvalue weighted by molar-refractivity contribution is 5.94.